The number of sulfonamides is 1. The predicted molar refractivity (Wildman–Crippen MR) is 130 cm³/mol. The molecule has 0 saturated heterocycles. The van der Waals surface area contributed by atoms with Crippen LogP contribution >= 0.6 is 0 Å². The zero-order valence-corrected chi connectivity index (χ0v) is 20.0. The van der Waals surface area contributed by atoms with Crippen LogP contribution in [0.4, 0.5) is 5.69 Å². The fraction of sp³-hybridized carbons (Fsp3) is 0.280. The average Bonchev–Trinajstić information content (AvgIpc) is 3.36. The van der Waals surface area contributed by atoms with Crippen molar-refractivity contribution in [2.24, 2.45) is 0 Å². The summed E-state index contributed by atoms with van der Waals surface area (Å²) in [5, 5.41) is 2.83. The van der Waals surface area contributed by atoms with Gasteiger partial charge >= 0.3 is 0 Å². The van der Waals surface area contributed by atoms with E-state index in [-0.39, 0.29) is 17.3 Å². The molecule has 0 bridgehead atoms. The average molecular weight is 484 g/mol. The molecule has 1 heterocycles. The second kappa shape index (κ2) is 11.6. The van der Waals surface area contributed by atoms with Gasteiger partial charge in [0.15, 0.2) is 0 Å². The van der Waals surface area contributed by atoms with E-state index in [1.165, 1.54) is 23.3 Å². The van der Waals surface area contributed by atoms with Crippen LogP contribution in [-0.4, -0.2) is 32.8 Å². The molecule has 2 amide bonds. The van der Waals surface area contributed by atoms with E-state index in [2.05, 4.69) is 10.0 Å². The highest BCUT2D eigenvalue weighted by molar-refractivity contribution is 7.89. The first-order valence-electron chi connectivity index (χ1n) is 11.1. The Kier molecular flexibility index (Phi) is 8.61. The minimum absolute atomic E-state index is 0.0616. The molecule has 8 nitrogen and oxygen atoms in total. The second-order valence-corrected chi connectivity index (χ2v) is 9.56. The Labute approximate surface area is 200 Å². The van der Waals surface area contributed by atoms with Crippen molar-refractivity contribution in [1.29, 1.82) is 0 Å². The molecule has 0 saturated carbocycles. The van der Waals surface area contributed by atoms with Crippen LogP contribution in [0.5, 0.6) is 0 Å². The van der Waals surface area contributed by atoms with Crippen LogP contribution in [-0.2, 0) is 26.2 Å². The number of anilines is 1. The van der Waals surface area contributed by atoms with Crippen molar-refractivity contribution < 1.29 is 22.4 Å². The van der Waals surface area contributed by atoms with Gasteiger partial charge in [-0.1, -0.05) is 49.7 Å². The van der Waals surface area contributed by atoms with Gasteiger partial charge < -0.3 is 9.73 Å². The van der Waals surface area contributed by atoms with Gasteiger partial charge in [0.1, 0.15) is 11.8 Å². The van der Waals surface area contributed by atoms with Gasteiger partial charge in [0.2, 0.25) is 21.8 Å². The molecule has 2 aromatic carbocycles. The van der Waals surface area contributed by atoms with Crippen molar-refractivity contribution in [3.8, 4) is 0 Å². The summed E-state index contributed by atoms with van der Waals surface area (Å²) in [6.07, 6.45) is 2.56. The SMILES string of the molecule is CCC[C@H](C(=O)NCc1ccco1)N(C(=O)CNS(=O)(=O)c1ccccc1)c1ccccc1C. The number of aryl methyl sites for hydroxylation is 1. The summed E-state index contributed by atoms with van der Waals surface area (Å²) in [6, 6.07) is 17.7. The van der Waals surface area contributed by atoms with Crippen molar-refractivity contribution in [3.63, 3.8) is 0 Å². The van der Waals surface area contributed by atoms with E-state index in [1.54, 1.807) is 42.5 Å². The van der Waals surface area contributed by atoms with Crippen LogP contribution in [0.2, 0.25) is 0 Å². The summed E-state index contributed by atoms with van der Waals surface area (Å²) in [5.41, 5.74) is 1.35. The molecular weight excluding hydrogens is 454 g/mol. The van der Waals surface area contributed by atoms with Crippen molar-refractivity contribution >= 4 is 27.5 Å². The number of nitrogens with one attached hydrogen (secondary N) is 2. The number of carbonyl (C=O) groups excluding carboxylic acids is 2. The highest BCUT2D eigenvalue weighted by Gasteiger charge is 2.32. The van der Waals surface area contributed by atoms with Crippen LogP contribution in [0.25, 0.3) is 0 Å². The van der Waals surface area contributed by atoms with Gasteiger partial charge in [-0.2, -0.15) is 0 Å². The maximum Gasteiger partial charge on any atom is 0.243 e. The normalized spacial score (nSPS) is 12.2. The Balaban J connectivity index is 1.86. The maximum atomic E-state index is 13.4. The van der Waals surface area contributed by atoms with E-state index in [1.807, 2.05) is 26.0 Å². The van der Waals surface area contributed by atoms with E-state index in [4.69, 9.17) is 4.42 Å². The van der Waals surface area contributed by atoms with Crippen molar-refractivity contribution in [2.75, 3.05) is 11.4 Å². The summed E-state index contributed by atoms with van der Waals surface area (Å²) in [4.78, 5) is 28.1. The molecule has 1 aromatic heterocycles. The van der Waals surface area contributed by atoms with E-state index in [0.717, 1.165) is 5.56 Å². The van der Waals surface area contributed by atoms with E-state index < -0.39 is 28.5 Å². The molecule has 0 aliphatic heterocycles. The van der Waals surface area contributed by atoms with Crippen LogP contribution < -0.4 is 14.9 Å². The Morgan fingerprint density at radius 1 is 1.00 bits per heavy atom. The first kappa shape index (κ1) is 25.2. The molecule has 0 radical (unpaired) electrons. The third kappa shape index (κ3) is 6.33. The minimum atomic E-state index is -3.89. The molecule has 0 spiro atoms. The minimum Gasteiger partial charge on any atom is -0.467 e. The van der Waals surface area contributed by atoms with Gasteiger partial charge in [0.25, 0.3) is 0 Å². The van der Waals surface area contributed by atoms with E-state index >= 15 is 0 Å². The summed E-state index contributed by atoms with van der Waals surface area (Å²) < 4.78 is 33.0. The molecule has 9 heteroatoms. The molecule has 3 rings (SSSR count). The topological polar surface area (TPSA) is 109 Å². The largest absolute Gasteiger partial charge is 0.467 e. The summed E-state index contributed by atoms with van der Waals surface area (Å²) >= 11 is 0. The zero-order chi connectivity index (χ0) is 24.6. The van der Waals surface area contributed by atoms with Gasteiger partial charge in [-0.25, -0.2) is 13.1 Å². The predicted octanol–water partition coefficient (Wildman–Crippen LogP) is 3.38. The summed E-state index contributed by atoms with van der Waals surface area (Å²) in [7, 11) is -3.89. The standard InChI is InChI=1S/C25H29N3O5S/c1-3-10-23(25(30)26-17-20-12-9-16-33-20)28(22-15-8-7-11-19(22)2)24(29)18-27-34(31,32)21-13-5-4-6-14-21/h4-9,11-16,23,27H,3,10,17-18H2,1-2H3,(H,26,30)/t23-/m1/s1. The first-order chi connectivity index (χ1) is 16.3. The Morgan fingerprint density at radius 2 is 1.71 bits per heavy atom. The fourth-order valence-electron chi connectivity index (χ4n) is 3.59. The summed E-state index contributed by atoms with van der Waals surface area (Å²) in [5.74, 6) is -0.283. The highest BCUT2D eigenvalue weighted by atomic mass is 32.2. The smallest absolute Gasteiger partial charge is 0.243 e. The molecule has 180 valence electrons. The number of para-hydroxylation sites is 1. The molecule has 0 aliphatic rings. The lowest BCUT2D eigenvalue weighted by atomic mass is 10.1. The van der Waals surface area contributed by atoms with E-state index in [9.17, 15) is 18.0 Å². The Hall–Kier alpha value is -3.43. The lowest BCUT2D eigenvalue weighted by Gasteiger charge is -2.32. The van der Waals surface area contributed by atoms with Gasteiger partial charge in [-0.15, -0.1) is 0 Å². The van der Waals surface area contributed by atoms with Gasteiger partial charge in [0.05, 0.1) is 24.2 Å². The molecule has 1 atom stereocenters. The maximum absolute atomic E-state index is 13.4. The Morgan fingerprint density at radius 3 is 2.35 bits per heavy atom. The number of hydrogen-bond acceptors (Lipinski definition) is 5. The molecule has 34 heavy (non-hydrogen) atoms. The molecule has 0 fully saturated rings. The monoisotopic (exact) mass is 483 g/mol. The highest BCUT2D eigenvalue weighted by Crippen LogP contribution is 2.24. The van der Waals surface area contributed by atoms with E-state index in [0.29, 0.717) is 24.3 Å². The van der Waals surface area contributed by atoms with Crippen LogP contribution in [0.15, 0.2) is 82.3 Å². The number of hydrogen-bond donors (Lipinski definition) is 2. The van der Waals surface area contributed by atoms with Crippen molar-refractivity contribution in [1.82, 2.24) is 10.0 Å². The summed E-state index contributed by atoms with van der Waals surface area (Å²) in [6.45, 7) is 3.46. The molecule has 3 aromatic rings. The lowest BCUT2D eigenvalue weighted by Crippen LogP contribution is -2.52. The van der Waals surface area contributed by atoms with Crippen molar-refractivity contribution in [3.05, 3.63) is 84.3 Å². The van der Waals surface area contributed by atoms with Gasteiger partial charge in [-0.3, -0.25) is 14.5 Å². The molecular formula is C25H29N3O5S. The van der Waals surface area contributed by atoms with Crippen LogP contribution in [0, 0.1) is 6.92 Å². The molecule has 0 aliphatic carbocycles. The van der Waals surface area contributed by atoms with Gasteiger partial charge in [-0.05, 0) is 49.2 Å². The Bertz CT molecular complexity index is 1190. The molecule has 0 unspecified atom stereocenters. The number of benzene rings is 2. The third-order valence-electron chi connectivity index (χ3n) is 5.30. The van der Waals surface area contributed by atoms with Crippen molar-refractivity contribution in [2.45, 2.75) is 44.2 Å². The second-order valence-electron chi connectivity index (χ2n) is 7.79. The van der Waals surface area contributed by atoms with Crippen LogP contribution in [0.1, 0.15) is 31.1 Å². The fourth-order valence-corrected chi connectivity index (χ4v) is 4.59. The van der Waals surface area contributed by atoms with Crippen LogP contribution in [0.3, 0.4) is 0 Å². The number of carbonyl (C=O) groups is 2. The van der Waals surface area contributed by atoms with Gasteiger partial charge in [0, 0.05) is 5.69 Å². The number of rotatable bonds is 11. The third-order valence-corrected chi connectivity index (χ3v) is 6.72. The number of furan rings is 1. The molecule has 2 N–H and O–H groups in total. The quantitative estimate of drug-likeness (QED) is 0.435. The lowest BCUT2D eigenvalue weighted by molar-refractivity contribution is -0.126. The number of nitrogens with zero attached hydrogens (tertiary/aromatic N) is 1. The zero-order valence-electron chi connectivity index (χ0n) is 19.2. The first-order valence-corrected chi connectivity index (χ1v) is 12.5. The number of amides is 2.